The van der Waals surface area contributed by atoms with E-state index in [0.717, 1.165) is 5.56 Å². The molecule has 2 rings (SSSR count). The monoisotopic (exact) mass is 277 g/mol. The van der Waals surface area contributed by atoms with Crippen LogP contribution in [0.4, 0.5) is 11.5 Å². The van der Waals surface area contributed by atoms with Crippen molar-refractivity contribution in [1.29, 1.82) is 0 Å². The van der Waals surface area contributed by atoms with Crippen LogP contribution in [0, 0.1) is 6.92 Å². The Bertz CT molecular complexity index is 684. The molecule has 6 heteroatoms. The maximum absolute atomic E-state index is 12.3. The van der Waals surface area contributed by atoms with Crippen molar-refractivity contribution in [2.45, 2.75) is 11.8 Å². The number of nitrogens with one attached hydrogen (secondary N) is 2. The van der Waals surface area contributed by atoms with E-state index < -0.39 is 10.0 Å². The molecule has 0 saturated carbocycles. The first-order valence-electron chi connectivity index (χ1n) is 5.76. The molecule has 0 saturated heterocycles. The Balaban J connectivity index is 2.41. The zero-order valence-corrected chi connectivity index (χ0v) is 11.5. The Hall–Kier alpha value is -2.08. The molecule has 1 heterocycles. The summed E-state index contributed by atoms with van der Waals surface area (Å²) in [6.45, 7) is 1.80. The van der Waals surface area contributed by atoms with Crippen molar-refractivity contribution in [1.82, 2.24) is 4.98 Å². The summed E-state index contributed by atoms with van der Waals surface area (Å²) in [7, 11) is -1.97. The van der Waals surface area contributed by atoms with Gasteiger partial charge in [0, 0.05) is 13.2 Å². The van der Waals surface area contributed by atoms with Gasteiger partial charge in [-0.05, 0) is 30.7 Å². The lowest BCUT2D eigenvalue weighted by Gasteiger charge is -2.12. The molecule has 0 aliphatic carbocycles. The molecule has 2 N–H and O–H groups in total. The molecule has 19 heavy (non-hydrogen) atoms. The van der Waals surface area contributed by atoms with Crippen molar-refractivity contribution in [3.8, 4) is 0 Å². The van der Waals surface area contributed by atoms with E-state index in [4.69, 9.17) is 0 Å². The number of hydrogen-bond donors (Lipinski definition) is 2. The highest BCUT2D eigenvalue weighted by atomic mass is 32.2. The zero-order chi connectivity index (χ0) is 13.9. The number of aryl methyl sites for hydroxylation is 1. The first kappa shape index (κ1) is 13.4. The lowest BCUT2D eigenvalue weighted by atomic mass is 10.3. The molecule has 100 valence electrons. The van der Waals surface area contributed by atoms with E-state index in [-0.39, 0.29) is 4.90 Å². The molecule has 2 aromatic rings. The van der Waals surface area contributed by atoms with Crippen LogP contribution in [0.25, 0.3) is 0 Å². The quantitative estimate of drug-likeness (QED) is 0.899. The minimum absolute atomic E-state index is 0.197. The normalized spacial score (nSPS) is 11.1. The molecule has 0 aliphatic rings. The van der Waals surface area contributed by atoms with Gasteiger partial charge < -0.3 is 5.32 Å². The van der Waals surface area contributed by atoms with Gasteiger partial charge in [0.05, 0.1) is 5.69 Å². The zero-order valence-electron chi connectivity index (χ0n) is 10.7. The molecule has 0 amide bonds. The van der Waals surface area contributed by atoms with E-state index in [9.17, 15) is 8.42 Å². The molecule has 0 bridgehead atoms. The fraction of sp³-hybridized carbons (Fsp3) is 0.154. The van der Waals surface area contributed by atoms with Crippen molar-refractivity contribution >= 4 is 21.5 Å². The van der Waals surface area contributed by atoms with Crippen LogP contribution in [0.1, 0.15) is 5.56 Å². The van der Waals surface area contributed by atoms with Gasteiger partial charge in [-0.15, -0.1) is 0 Å². The SMILES string of the molecule is CNc1ccccc1S(=O)(=O)Nc1ncccc1C. The third-order valence-corrected chi connectivity index (χ3v) is 4.08. The molecular weight excluding hydrogens is 262 g/mol. The van der Waals surface area contributed by atoms with Gasteiger partial charge in [0.15, 0.2) is 0 Å². The van der Waals surface area contributed by atoms with Crippen molar-refractivity contribution in [2.75, 3.05) is 17.1 Å². The highest BCUT2D eigenvalue weighted by molar-refractivity contribution is 7.92. The van der Waals surface area contributed by atoms with Crippen LogP contribution in [0.3, 0.4) is 0 Å². The van der Waals surface area contributed by atoms with Crippen LogP contribution in [0.15, 0.2) is 47.5 Å². The van der Waals surface area contributed by atoms with Gasteiger partial charge in [0.25, 0.3) is 10.0 Å². The van der Waals surface area contributed by atoms with E-state index in [2.05, 4.69) is 15.0 Å². The minimum Gasteiger partial charge on any atom is -0.387 e. The van der Waals surface area contributed by atoms with E-state index in [1.807, 2.05) is 0 Å². The molecular formula is C13H15N3O2S. The van der Waals surface area contributed by atoms with Crippen molar-refractivity contribution in [3.05, 3.63) is 48.2 Å². The second-order valence-corrected chi connectivity index (χ2v) is 5.67. The summed E-state index contributed by atoms with van der Waals surface area (Å²) in [5.74, 6) is 0.341. The van der Waals surface area contributed by atoms with E-state index in [1.54, 1.807) is 56.6 Å². The molecule has 0 unspecified atom stereocenters. The van der Waals surface area contributed by atoms with E-state index >= 15 is 0 Å². The second kappa shape index (κ2) is 5.27. The summed E-state index contributed by atoms with van der Waals surface area (Å²) >= 11 is 0. The van der Waals surface area contributed by atoms with E-state index in [0.29, 0.717) is 11.5 Å². The molecule has 0 fully saturated rings. The van der Waals surface area contributed by atoms with Crippen molar-refractivity contribution < 1.29 is 8.42 Å². The summed E-state index contributed by atoms with van der Waals surface area (Å²) in [5, 5.41) is 2.86. The fourth-order valence-electron chi connectivity index (χ4n) is 1.68. The maximum Gasteiger partial charge on any atom is 0.265 e. The summed E-state index contributed by atoms with van der Waals surface area (Å²) < 4.78 is 27.2. The van der Waals surface area contributed by atoms with Crippen molar-refractivity contribution in [2.24, 2.45) is 0 Å². The molecule has 0 radical (unpaired) electrons. The number of anilines is 2. The number of benzene rings is 1. The van der Waals surface area contributed by atoms with Crippen LogP contribution in [-0.4, -0.2) is 20.4 Å². The number of sulfonamides is 1. The first-order valence-corrected chi connectivity index (χ1v) is 7.24. The number of aromatic nitrogens is 1. The number of hydrogen-bond acceptors (Lipinski definition) is 4. The van der Waals surface area contributed by atoms with Gasteiger partial charge in [-0.25, -0.2) is 13.4 Å². The summed E-state index contributed by atoms with van der Waals surface area (Å²) in [5.41, 5.74) is 1.32. The Labute approximate surface area is 112 Å². The van der Waals surface area contributed by atoms with Crippen LogP contribution in [-0.2, 0) is 10.0 Å². The van der Waals surface area contributed by atoms with Crippen LogP contribution >= 0.6 is 0 Å². The van der Waals surface area contributed by atoms with E-state index in [1.165, 1.54) is 0 Å². The molecule has 5 nitrogen and oxygen atoms in total. The average molecular weight is 277 g/mol. The molecule has 1 aromatic heterocycles. The van der Waals surface area contributed by atoms with Gasteiger partial charge in [0.2, 0.25) is 0 Å². The molecule has 0 atom stereocenters. The standard InChI is InChI=1S/C13H15N3O2S/c1-10-6-5-9-15-13(10)16-19(17,18)12-8-4-3-7-11(12)14-2/h3-9,14H,1-2H3,(H,15,16). The van der Waals surface area contributed by atoms with Gasteiger partial charge >= 0.3 is 0 Å². The topological polar surface area (TPSA) is 71.1 Å². The van der Waals surface area contributed by atoms with Gasteiger partial charge in [-0.2, -0.15) is 0 Å². The molecule has 0 spiro atoms. The largest absolute Gasteiger partial charge is 0.387 e. The van der Waals surface area contributed by atoms with Gasteiger partial charge in [0.1, 0.15) is 10.7 Å². The smallest absolute Gasteiger partial charge is 0.265 e. The molecule has 1 aromatic carbocycles. The third kappa shape index (κ3) is 2.85. The number of nitrogens with zero attached hydrogens (tertiary/aromatic N) is 1. The van der Waals surface area contributed by atoms with Crippen molar-refractivity contribution in [3.63, 3.8) is 0 Å². The lowest BCUT2D eigenvalue weighted by Crippen LogP contribution is -2.16. The minimum atomic E-state index is -3.65. The predicted molar refractivity (Wildman–Crippen MR) is 75.8 cm³/mol. The first-order chi connectivity index (χ1) is 9.04. The average Bonchev–Trinajstić information content (AvgIpc) is 2.41. The Morgan fingerprint density at radius 3 is 2.53 bits per heavy atom. The van der Waals surface area contributed by atoms with Gasteiger partial charge in [-0.1, -0.05) is 18.2 Å². The van der Waals surface area contributed by atoms with Crippen LogP contribution in [0.5, 0.6) is 0 Å². The predicted octanol–water partition coefficient (Wildman–Crippen LogP) is 2.23. The lowest BCUT2D eigenvalue weighted by molar-refractivity contribution is 0.601. The number of pyridine rings is 1. The van der Waals surface area contributed by atoms with Gasteiger partial charge in [-0.3, -0.25) is 4.72 Å². The van der Waals surface area contributed by atoms with Crippen LogP contribution < -0.4 is 10.0 Å². The van der Waals surface area contributed by atoms with Crippen LogP contribution in [0.2, 0.25) is 0 Å². The fourth-order valence-corrected chi connectivity index (χ4v) is 2.98. The third-order valence-electron chi connectivity index (χ3n) is 2.69. The molecule has 0 aliphatic heterocycles. The Morgan fingerprint density at radius 2 is 1.84 bits per heavy atom. The maximum atomic E-state index is 12.3. The summed E-state index contributed by atoms with van der Waals surface area (Å²) in [4.78, 5) is 4.23. The highest BCUT2D eigenvalue weighted by Gasteiger charge is 2.18. The highest BCUT2D eigenvalue weighted by Crippen LogP contribution is 2.23. The number of para-hydroxylation sites is 1. The second-order valence-electron chi connectivity index (χ2n) is 4.02. The summed E-state index contributed by atoms with van der Waals surface area (Å²) in [6, 6.07) is 10.3. The number of rotatable bonds is 4. The summed E-state index contributed by atoms with van der Waals surface area (Å²) in [6.07, 6.45) is 1.55. The Kier molecular flexibility index (Phi) is 3.71. The Morgan fingerprint density at radius 1 is 1.11 bits per heavy atom.